The fraction of sp³-hybridized carbons (Fsp3) is 0.467. The molecule has 0 fully saturated rings. The van der Waals surface area contributed by atoms with Crippen LogP contribution in [0.2, 0.25) is 0 Å². The highest BCUT2D eigenvalue weighted by molar-refractivity contribution is 5.72. The second kappa shape index (κ2) is 6.92. The molecular weight excluding hydrogens is 244 g/mol. The lowest BCUT2D eigenvalue weighted by Crippen LogP contribution is -2.15. The summed E-state index contributed by atoms with van der Waals surface area (Å²) in [6, 6.07) is 7.70. The Bertz CT molecular complexity index is 436. The summed E-state index contributed by atoms with van der Waals surface area (Å²) in [6.07, 6.45) is 0.374. The summed E-state index contributed by atoms with van der Waals surface area (Å²) in [6.45, 7) is 5.05. The molecule has 4 nitrogen and oxygen atoms in total. The first-order chi connectivity index (χ1) is 8.93. The summed E-state index contributed by atoms with van der Waals surface area (Å²) >= 11 is 0. The van der Waals surface area contributed by atoms with Crippen LogP contribution in [0.4, 0.5) is 0 Å². The van der Waals surface area contributed by atoms with E-state index < -0.39 is 0 Å². The van der Waals surface area contributed by atoms with Gasteiger partial charge in [-0.15, -0.1) is 0 Å². The minimum atomic E-state index is -0.295. The SMILES string of the molecule is COC(=O)C(C)Cc1ccc(C(C)OC(C)=O)cc1. The van der Waals surface area contributed by atoms with Crippen LogP contribution >= 0.6 is 0 Å². The van der Waals surface area contributed by atoms with Crippen LogP contribution in [-0.2, 0) is 25.5 Å². The largest absolute Gasteiger partial charge is 0.469 e. The molecule has 1 aromatic carbocycles. The highest BCUT2D eigenvalue weighted by atomic mass is 16.5. The van der Waals surface area contributed by atoms with Gasteiger partial charge in [-0.2, -0.15) is 0 Å². The van der Waals surface area contributed by atoms with Gasteiger partial charge in [0.15, 0.2) is 0 Å². The maximum absolute atomic E-state index is 11.3. The predicted molar refractivity (Wildman–Crippen MR) is 71.5 cm³/mol. The van der Waals surface area contributed by atoms with Gasteiger partial charge in [0, 0.05) is 6.92 Å². The Morgan fingerprint density at radius 3 is 2.21 bits per heavy atom. The summed E-state index contributed by atoms with van der Waals surface area (Å²) in [5, 5.41) is 0. The van der Waals surface area contributed by atoms with Crippen molar-refractivity contribution in [1.29, 1.82) is 0 Å². The number of hydrogen-bond donors (Lipinski definition) is 0. The van der Waals surface area contributed by atoms with Gasteiger partial charge in [0.25, 0.3) is 0 Å². The standard InChI is InChI=1S/C15H20O4/c1-10(15(17)18-4)9-13-5-7-14(8-6-13)11(2)19-12(3)16/h5-8,10-11H,9H2,1-4H3. The molecule has 0 aromatic heterocycles. The first-order valence-corrected chi connectivity index (χ1v) is 6.28. The van der Waals surface area contributed by atoms with Crippen molar-refractivity contribution in [3.63, 3.8) is 0 Å². The Hall–Kier alpha value is -1.84. The maximum atomic E-state index is 11.3. The van der Waals surface area contributed by atoms with Crippen molar-refractivity contribution in [3.8, 4) is 0 Å². The van der Waals surface area contributed by atoms with E-state index in [1.54, 1.807) is 0 Å². The van der Waals surface area contributed by atoms with Crippen molar-refractivity contribution >= 4 is 11.9 Å². The van der Waals surface area contributed by atoms with Crippen LogP contribution in [0.3, 0.4) is 0 Å². The summed E-state index contributed by atoms with van der Waals surface area (Å²) in [5.74, 6) is -0.671. The van der Waals surface area contributed by atoms with Crippen LogP contribution in [-0.4, -0.2) is 19.0 Å². The third-order valence-electron chi connectivity index (χ3n) is 2.94. The van der Waals surface area contributed by atoms with Gasteiger partial charge in [-0.3, -0.25) is 9.59 Å². The molecule has 0 radical (unpaired) electrons. The zero-order chi connectivity index (χ0) is 14.4. The highest BCUT2D eigenvalue weighted by Gasteiger charge is 2.14. The number of esters is 2. The van der Waals surface area contributed by atoms with E-state index in [0.29, 0.717) is 6.42 Å². The molecule has 0 saturated heterocycles. The zero-order valence-corrected chi connectivity index (χ0v) is 11.8. The molecule has 0 aliphatic carbocycles. The van der Waals surface area contributed by atoms with E-state index in [1.807, 2.05) is 38.1 Å². The Kier molecular flexibility index (Phi) is 5.55. The molecule has 0 saturated carbocycles. The molecule has 1 aromatic rings. The van der Waals surface area contributed by atoms with Crippen molar-refractivity contribution < 1.29 is 19.1 Å². The van der Waals surface area contributed by atoms with Crippen LogP contribution in [0.5, 0.6) is 0 Å². The van der Waals surface area contributed by atoms with E-state index in [9.17, 15) is 9.59 Å². The Morgan fingerprint density at radius 1 is 1.16 bits per heavy atom. The van der Waals surface area contributed by atoms with Gasteiger partial charge in [0.2, 0.25) is 0 Å². The normalized spacial score (nSPS) is 13.5. The zero-order valence-electron chi connectivity index (χ0n) is 11.8. The fourth-order valence-corrected chi connectivity index (χ4v) is 1.88. The Morgan fingerprint density at radius 2 is 1.74 bits per heavy atom. The molecule has 19 heavy (non-hydrogen) atoms. The minimum Gasteiger partial charge on any atom is -0.469 e. The Labute approximate surface area is 113 Å². The quantitative estimate of drug-likeness (QED) is 0.767. The molecule has 0 amide bonds. The number of hydrogen-bond acceptors (Lipinski definition) is 4. The van der Waals surface area contributed by atoms with Crippen LogP contribution in [0.25, 0.3) is 0 Å². The summed E-state index contributed by atoms with van der Waals surface area (Å²) in [7, 11) is 1.39. The summed E-state index contributed by atoms with van der Waals surface area (Å²) in [5.41, 5.74) is 1.99. The van der Waals surface area contributed by atoms with E-state index in [-0.39, 0.29) is 24.0 Å². The van der Waals surface area contributed by atoms with Gasteiger partial charge in [0.1, 0.15) is 6.10 Å². The second-order valence-electron chi connectivity index (χ2n) is 4.62. The number of rotatable bonds is 5. The summed E-state index contributed by atoms with van der Waals surface area (Å²) < 4.78 is 9.79. The first kappa shape index (κ1) is 15.2. The maximum Gasteiger partial charge on any atom is 0.308 e. The summed E-state index contributed by atoms with van der Waals surface area (Å²) in [4.78, 5) is 22.2. The van der Waals surface area contributed by atoms with Crippen molar-refractivity contribution in [2.24, 2.45) is 5.92 Å². The molecule has 1 rings (SSSR count). The molecule has 0 aliphatic heterocycles. The van der Waals surface area contributed by atoms with Crippen LogP contribution in [0, 0.1) is 5.92 Å². The topological polar surface area (TPSA) is 52.6 Å². The average Bonchev–Trinajstić information content (AvgIpc) is 2.37. The number of methoxy groups -OCH3 is 1. The van der Waals surface area contributed by atoms with Gasteiger partial charge >= 0.3 is 11.9 Å². The first-order valence-electron chi connectivity index (χ1n) is 6.28. The fourth-order valence-electron chi connectivity index (χ4n) is 1.88. The van der Waals surface area contributed by atoms with Gasteiger partial charge in [-0.1, -0.05) is 31.2 Å². The van der Waals surface area contributed by atoms with E-state index >= 15 is 0 Å². The van der Waals surface area contributed by atoms with E-state index in [0.717, 1.165) is 11.1 Å². The van der Waals surface area contributed by atoms with Gasteiger partial charge < -0.3 is 9.47 Å². The Balaban J connectivity index is 2.66. The van der Waals surface area contributed by atoms with Gasteiger partial charge in [-0.25, -0.2) is 0 Å². The minimum absolute atomic E-state index is 0.165. The molecule has 0 bridgehead atoms. The predicted octanol–water partition coefficient (Wildman–Crippen LogP) is 2.66. The van der Waals surface area contributed by atoms with Crippen molar-refractivity contribution in [2.45, 2.75) is 33.3 Å². The van der Waals surface area contributed by atoms with E-state index in [1.165, 1.54) is 14.0 Å². The van der Waals surface area contributed by atoms with E-state index in [4.69, 9.17) is 9.47 Å². The lowest BCUT2D eigenvalue weighted by molar-refractivity contribution is -0.146. The van der Waals surface area contributed by atoms with Crippen molar-refractivity contribution in [2.75, 3.05) is 7.11 Å². The third-order valence-corrected chi connectivity index (χ3v) is 2.94. The van der Waals surface area contributed by atoms with Crippen LogP contribution < -0.4 is 0 Å². The third kappa shape index (κ3) is 4.73. The molecule has 0 heterocycles. The molecule has 0 aliphatic rings. The molecule has 4 heteroatoms. The number of carbonyl (C=O) groups is 2. The van der Waals surface area contributed by atoms with Crippen molar-refractivity contribution in [1.82, 2.24) is 0 Å². The molecule has 0 N–H and O–H groups in total. The van der Waals surface area contributed by atoms with Crippen LogP contribution in [0.15, 0.2) is 24.3 Å². The smallest absolute Gasteiger partial charge is 0.308 e. The lowest BCUT2D eigenvalue weighted by atomic mass is 9.99. The molecule has 104 valence electrons. The number of carbonyl (C=O) groups excluding carboxylic acids is 2. The van der Waals surface area contributed by atoms with E-state index in [2.05, 4.69) is 0 Å². The average molecular weight is 264 g/mol. The molecular formula is C15H20O4. The second-order valence-corrected chi connectivity index (χ2v) is 4.62. The molecule has 2 unspecified atom stereocenters. The van der Waals surface area contributed by atoms with Gasteiger partial charge in [0.05, 0.1) is 13.0 Å². The van der Waals surface area contributed by atoms with Crippen LogP contribution in [0.1, 0.15) is 38.0 Å². The van der Waals surface area contributed by atoms with Gasteiger partial charge in [-0.05, 0) is 24.5 Å². The molecule has 2 atom stereocenters. The number of benzene rings is 1. The number of ether oxygens (including phenoxy) is 2. The molecule has 0 spiro atoms. The highest BCUT2D eigenvalue weighted by Crippen LogP contribution is 2.19. The van der Waals surface area contributed by atoms with Crippen molar-refractivity contribution in [3.05, 3.63) is 35.4 Å². The monoisotopic (exact) mass is 264 g/mol. The lowest BCUT2D eigenvalue weighted by Gasteiger charge is -2.13.